The Labute approximate surface area is 142 Å². The first-order valence-corrected chi connectivity index (χ1v) is 8.29. The Kier molecular flexibility index (Phi) is 3.84. The van der Waals surface area contributed by atoms with E-state index >= 15 is 0 Å². The predicted molar refractivity (Wildman–Crippen MR) is 82.4 cm³/mol. The monoisotopic (exact) mass is 353 g/mol. The molecule has 134 valence electrons. The maximum atomic E-state index is 12.6. The van der Waals surface area contributed by atoms with Crippen molar-refractivity contribution in [3.63, 3.8) is 0 Å². The standard InChI is InChI=1S/C17H18F3N3O2/c18-17(19,20)12-3-1-11(2-4-12)15-21-14(25-22-15)10-23-8-5-13(24)9-16(23)6-7-16/h1-4,13,24H,5-10H2. The van der Waals surface area contributed by atoms with Crippen molar-refractivity contribution < 1.29 is 22.8 Å². The van der Waals surface area contributed by atoms with E-state index in [4.69, 9.17) is 4.52 Å². The average Bonchev–Trinajstić information content (AvgIpc) is 3.16. The van der Waals surface area contributed by atoms with E-state index in [9.17, 15) is 18.3 Å². The van der Waals surface area contributed by atoms with Gasteiger partial charge in [-0.2, -0.15) is 18.2 Å². The molecule has 1 aliphatic carbocycles. The zero-order valence-electron chi connectivity index (χ0n) is 13.5. The van der Waals surface area contributed by atoms with E-state index in [0.717, 1.165) is 44.4 Å². The molecule has 0 bridgehead atoms. The smallest absolute Gasteiger partial charge is 0.393 e. The van der Waals surface area contributed by atoms with Crippen molar-refractivity contribution >= 4 is 0 Å². The van der Waals surface area contributed by atoms with E-state index in [1.54, 1.807) is 0 Å². The van der Waals surface area contributed by atoms with Crippen LogP contribution in [-0.2, 0) is 12.7 Å². The Balaban J connectivity index is 1.47. The summed E-state index contributed by atoms with van der Waals surface area (Å²) < 4.78 is 43.1. The molecule has 2 aromatic rings. The summed E-state index contributed by atoms with van der Waals surface area (Å²) in [6.45, 7) is 1.28. The van der Waals surface area contributed by atoms with Crippen LogP contribution in [0.5, 0.6) is 0 Å². The Morgan fingerprint density at radius 2 is 1.96 bits per heavy atom. The lowest BCUT2D eigenvalue weighted by Gasteiger charge is -2.37. The van der Waals surface area contributed by atoms with Crippen molar-refractivity contribution in [3.8, 4) is 11.4 Å². The molecule has 0 radical (unpaired) electrons. The molecule has 1 aliphatic heterocycles. The maximum absolute atomic E-state index is 12.6. The topological polar surface area (TPSA) is 62.4 Å². The number of benzene rings is 1. The Morgan fingerprint density at radius 3 is 2.60 bits per heavy atom. The van der Waals surface area contributed by atoms with Crippen molar-refractivity contribution in [2.24, 2.45) is 0 Å². The molecule has 1 aromatic heterocycles. The fraction of sp³-hybridized carbons (Fsp3) is 0.529. The van der Waals surface area contributed by atoms with E-state index in [-0.39, 0.29) is 17.5 Å². The highest BCUT2D eigenvalue weighted by molar-refractivity contribution is 5.54. The molecule has 2 fully saturated rings. The van der Waals surface area contributed by atoms with Crippen molar-refractivity contribution in [1.29, 1.82) is 0 Å². The quantitative estimate of drug-likeness (QED) is 0.918. The predicted octanol–water partition coefficient (Wildman–Crippen LogP) is 3.24. The molecule has 1 aromatic carbocycles. The molecule has 2 aliphatic rings. The van der Waals surface area contributed by atoms with Gasteiger partial charge in [-0.05, 0) is 37.8 Å². The number of likely N-dealkylation sites (tertiary alicyclic amines) is 1. The summed E-state index contributed by atoms with van der Waals surface area (Å²) in [7, 11) is 0. The highest BCUT2D eigenvalue weighted by Gasteiger charge is 2.51. The summed E-state index contributed by atoms with van der Waals surface area (Å²) in [5.74, 6) is 0.725. The fourth-order valence-corrected chi connectivity index (χ4v) is 3.53. The molecule has 1 saturated carbocycles. The summed E-state index contributed by atoms with van der Waals surface area (Å²) in [6.07, 6.45) is -0.995. The number of alkyl halides is 3. The van der Waals surface area contributed by atoms with Gasteiger partial charge in [0.25, 0.3) is 0 Å². The SMILES string of the molecule is OC1CCN(Cc2nc(-c3ccc(C(F)(F)F)cc3)no2)C2(CC2)C1. The maximum Gasteiger partial charge on any atom is 0.416 e. The first-order valence-electron chi connectivity index (χ1n) is 8.29. The van der Waals surface area contributed by atoms with Crippen LogP contribution in [0.15, 0.2) is 28.8 Å². The first-order chi connectivity index (χ1) is 11.9. The van der Waals surface area contributed by atoms with Gasteiger partial charge in [0.05, 0.1) is 18.2 Å². The van der Waals surface area contributed by atoms with Crippen LogP contribution in [0.2, 0.25) is 0 Å². The molecule has 0 amide bonds. The van der Waals surface area contributed by atoms with Crippen molar-refractivity contribution in [3.05, 3.63) is 35.7 Å². The third-order valence-corrected chi connectivity index (χ3v) is 5.11. The second-order valence-electron chi connectivity index (χ2n) is 6.88. The fourth-order valence-electron chi connectivity index (χ4n) is 3.53. The van der Waals surface area contributed by atoms with Crippen LogP contribution >= 0.6 is 0 Å². The van der Waals surface area contributed by atoms with Crippen LogP contribution in [0.1, 0.15) is 37.1 Å². The third kappa shape index (κ3) is 3.28. The molecular formula is C17H18F3N3O2. The van der Waals surface area contributed by atoms with Gasteiger partial charge in [0, 0.05) is 17.6 Å². The molecule has 8 heteroatoms. The van der Waals surface area contributed by atoms with Gasteiger partial charge in [0.1, 0.15) is 0 Å². The number of hydrogen-bond acceptors (Lipinski definition) is 5. The molecule has 1 N–H and O–H groups in total. The molecule has 25 heavy (non-hydrogen) atoms. The van der Waals surface area contributed by atoms with Crippen LogP contribution in [0.3, 0.4) is 0 Å². The van der Waals surface area contributed by atoms with E-state index in [2.05, 4.69) is 15.0 Å². The van der Waals surface area contributed by atoms with Gasteiger partial charge in [-0.25, -0.2) is 0 Å². The highest BCUT2D eigenvalue weighted by atomic mass is 19.4. The van der Waals surface area contributed by atoms with Gasteiger partial charge in [-0.3, -0.25) is 4.90 Å². The van der Waals surface area contributed by atoms with Gasteiger partial charge in [0.15, 0.2) is 0 Å². The summed E-state index contributed by atoms with van der Waals surface area (Å²) in [4.78, 5) is 6.58. The van der Waals surface area contributed by atoms with E-state index in [1.165, 1.54) is 12.1 Å². The molecule has 1 saturated heterocycles. The number of aliphatic hydroxyl groups excluding tert-OH is 1. The van der Waals surface area contributed by atoms with Crippen molar-refractivity contribution in [2.75, 3.05) is 6.54 Å². The number of aromatic nitrogens is 2. The second-order valence-corrected chi connectivity index (χ2v) is 6.88. The number of aliphatic hydroxyl groups is 1. The van der Waals surface area contributed by atoms with E-state index in [1.807, 2.05) is 0 Å². The summed E-state index contributed by atoms with van der Waals surface area (Å²) in [6, 6.07) is 4.71. The number of hydrogen-bond donors (Lipinski definition) is 1. The summed E-state index contributed by atoms with van der Waals surface area (Å²) in [5.41, 5.74) is -0.165. The summed E-state index contributed by atoms with van der Waals surface area (Å²) >= 11 is 0. The lowest BCUT2D eigenvalue weighted by molar-refractivity contribution is -0.137. The lowest BCUT2D eigenvalue weighted by atomic mass is 9.97. The minimum atomic E-state index is -4.36. The van der Waals surface area contributed by atoms with Crippen molar-refractivity contribution in [2.45, 2.75) is 50.0 Å². The molecule has 1 spiro atoms. The molecular weight excluding hydrogens is 335 g/mol. The summed E-state index contributed by atoms with van der Waals surface area (Å²) in [5, 5.41) is 13.7. The Bertz CT molecular complexity index is 753. The zero-order valence-corrected chi connectivity index (χ0v) is 13.5. The highest BCUT2D eigenvalue weighted by Crippen LogP contribution is 2.48. The van der Waals surface area contributed by atoms with Crippen LogP contribution < -0.4 is 0 Å². The van der Waals surface area contributed by atoms with Gasteiger partial charge in [0.2, 0.25) is 11.7 Å². The lowest BCUT2D eigenvalue weighted by Crippen LogP contribution is -2.45. The van der Waals surface area contributed by atoms with Crippen LogP contribution in [0, 0.1) is 0 Å². The van der Waals surface area contributed by atoms with Crippen molar-refractivity contribution in [1.82, 2.24) is 15.0 Å². The first kappa shape index (κ1) is 16.5. The normalized spacial score (nSPS) is 23.1. The van der Waals surface area contributed by atoms with Crippen LogP contribution in [0.4, 0.5) is 13.2 Å². The largest absolute Gasteiger partial charge is 0.416 e. The Morgan fingerprint density at radius 1 is 1.24 bits per heavy atom. The number of rotatable bonds is 3. The number of nitrogens with zero attached hydrogens (tertiary/aromatic N) is 3. The molecule has 4 rings (SSSR count). The van der Waals surface area contributed by atoms with E-state index < -0.39 is 11.7 Å². The Hall–Kier alpha value is -1.93. The minimum absolute atomic E-state index is 0.0562. The number of halogens is 3. The second kappa shape index (κ2) is 5.81. The van der Waals surface area contributed by atoms with Gasteiger partial charge in [-0.1, -0.05) is 17.3 Å². The van der Waals surface area contributed by atoms with E-state index in [0.29, 0.717) is 18.0 Å². The molecule has 5 nitrogen and oxygen atoms in total. The molecule has 1 unspecified atom stereocenters. The van der Waals surface area contributed by atoms with Gasteiger partial charge >= 0.3 is 6.18 Å². The van der Waals surface area contributed by atoms with Gasteiger partial charge < -0.3 is 9.63 Å². The average molecular weight is 353 g/mol. The number of piperidine rings is 1. The van der Waals surface area contributed by atoms with Crippen LogP contribution in [0.25, 0.3) is 11.4 Å². The third-order valence-electron chi connectivity index (χ3n) is 5.11. The van der Waals surface area contributed by atoms with Crippen LogP contribution in [-0.4, -0.2) is 38.3 Å². The molecule has 1 atom stereocenters. The minimum Gasteiger partial charge on any atom is -0.393 e. The zero-order chi connectivity index (χ0) is 17.7. The van der Waals surface area contributed by atoms with Gasteiger partial charge in [-0.15, -0.1) is 0 Å². The molecule has 2 heterocycles.